The average Bonchev–Trinajstić information content (AvgIpc) is 3.02. The lowest BCUT2D eigenvalue weighted by Crippen LogP contribution is -2.61. The van der Waals surface area contributed by atoms with Crippen molar-refractivity contribution in [2.45, 2.75) is 82.0 Å². The lowest BCUT2D eigenvalue weighted by Gasteiger charge is -2.38. The molecule has 9 N–H and O–H groups in total. The Kier molecular flexibility index (Phi) is 13.1. The van der Waals surface area contributed by atoms with Crippen molar-refractivity contribution in [3.63, 3.8) is 0 Å². The van der Waals surface area contributed by atoms with E-state index in [1.54, 1.807) is 24.3 Å². The summed E-state index contributed by atoms with van der Waals surface area (Å²) in [5, 5.41) is 89.3. The van der Waals surface area contributed by atoms with Crippen LogP contribution in [0.15, 0.2) is 36.4 Å². The van der Waals surface area contributed by atoms with Crippen LogP contribution in [0.25, 0.3) is 0 Å². The number of benzene rings is 2. The summed E-state index contributed by atoms with van der Waals surface area (Å²) in [6.45, 7) is 4.04. The number of carboxylic acids is 2. The Morgan fingerprint density at radius 2 is 1.38 bits per heavy atom. The van der Waals surface area contributed by atoms with Gasteiger partial charge in [-0.25, -0.2) is 9.59 Å². The van der Waals surface area contributed by atoms with Crippen LogP contribution in [-0.2, 0) is 31.9 Å². The van der Waals surface area contributed by atoms with Crippen LogP contribution in [0.2, 0.25) is 0 Å². The Balaban J connectivity index is 1.61. The van der Waals surface area contributed by atoms with E-state index in [0.717, 1.165) is 18.2 Å². The van der Waals surface area contributed by atoms with Crippen LogP contribution in [0.1, 0.15) is 25.0 Å². The zero-order valence-electron chi connectivity index (χ0n) is 26.1. The molecule has 262 valence electrons. The molecule has 11 atom stereocenters. The third-order valence-electron chi connectivity index (χ3n) is 8.09. The van der Waals surface area contributed by atoms with Gasteiger partial charge in [0.1, 0.15) is 30.5 Å². The summed E-state index contributed by atoms with van der Waals surface area (Å²) in [5.74, 6) is -3.10. The standard InChI is InChI=1S/C31H42O16/c1-13(9-15-5-7-18(17(32)11-15)45-30(42)24(36)23(35)26(44-4)28(38)39)14(2)10-16-6-8-19(20(12-16)43-3)46-31-25(37)21(33)22(34)27(47-31)29(40)41/h5-8,11-14,21-27,30-37,42H,9-10H2,1-4H3,(H,38,39)(H,40,41)/t13-,14+,21+,22+,23+,24+,25-,26+,27+,30+,31-/m1/s1. The highest BCUT2D eigenvalue weighted by Gasteiger charge is 2.48. The van der Waals surface area contributed by atoms with Crippen LogP contribution < -0.4 is 14.2 Å². The zero-order chi connectivity index (χ0) is 35.2. The number of aromatic hydroxyl groups is 1. The maximum absolute atomic E-state index is 11.4. The SMILES string of the molecule is COc1cc(C[C@H](C)[C@H](C)Cc2ccc(O[C@H](O)[C@@H](O)[C@H](O)[C@H](OC)C(=O)O)c(O)c2)ccc1O[C@@H]1O[C@H](C(=O)O)[C@@H](O)[C@H](O)[C@H]1O. The maximum atomic E-state index is 11.4. The van der Waals surface area contributed by atoms with E-state index in [0.29, 0.717) is 12.8 Å². The Bertz CT molecular complexity index is 1350. The second-order valence-electron chi connectivity index (χ2n) is 11.5. The Morgan fingerprint density at radius 3 is 1.89 bits per heavy atom. The van der Waals surface area contributed by atoms with Crippen molar-refractivity contribution in [3.05, 3.63) is 47.5 Å². The lowest BCUT2D eigenvalue weighted by atomic mass is 9.85. The second kappa shape index (κ2) is 16.4. The number of methoxy groups -OCH3 is 2. The van der Waals surface area contributed by atoms with E-state index < -0.39 is 67.2 Å². The van der Waals surface area contributed by atoms with E-state index in [1.807, 2.05) is 13.8 Å². The molecule has 2 aromatic carbocycles. The van der Waals surface area contributed by atoms with Crippen LogP contribution in [0, 0.1) is 11.8 Å². The highest BCUT2D eigenvalue weighted by molar-refractivity contribution is 5.73. The van der Waals surface area contributed by atoms with E-state index in [-0.39, 0.29) is 34.8 Å². The predicted molar refractivity (Wildman–Crippen MR) is 159 cm³/mol. The molecule has 1 aliphatic heterocycles. The fraction of sp³-hybridized carbons (Fsp3) is 0.548. The molecule has 1 fully saturated rings. The molecule has 1 aliphatic rings. The molecule has 0 aromatic heterocycles. The summed E-state index contributed by atoms with van der Waals surface area (Å²) in [6.07, 6.45) is -15.7. The maximum Gasteiger partial charge on any atom is 0.335 e. The molecule has 2 aromatic rings. The van der Waals surface area contributed by atoms with Gasteiger partial charge in [0.05, 0.1) is 7.11 Å². The first-order valence-electron chi connectivity index (χ1n) is 14.6. The van der Waals surface area contributed by atoms with Crippen molar-refractivity contribution in [2.75, 3.05) is 14.2 Å². The number of aliphatic carboxylic acids is 2. The summed E-state index contributed by atoms with van der Waals surface area (Å²) in [6, 6.07) is 9.43. The summed E-state index contributed by atoms with van der Waals surface area (Å²) in [4.78, 5) is 22.5. The number of hydrogen-bond donors (Lipinski definition) is 9. The van der Waals surface area contributed by atoms with Gasteiger partial charge in [-0.1, -0.05) is 26.0 Å². The smallest absolute Gasteiger partial charge is 0.335 e. The Morgan fingerprint density at radius 1 is 0.809 bits per heavy atom. The fourth-order valence-electron chi connectivity index (χ4n) is 5.08. The molecule has 0 saturated carbocycles. The van der Waals surface area contributed by atoms with E-state index in [9.17, 15) is 50.4 Å². The van der Waals surface area contributed by atoms with Gasteiger partial charge < -0.3 is 69.6 Å². The van der Waals surface area contributed by atoms with Gasteiger partial charge in [0, 0.05) is 7.11 Å². The molecule has 0 bridgehead atoms. The molecule has 0 aliphatic carbocycles. The van der Waals surface area contributed by atoms with Gasteiger partial charge in [0.15, 0.2) is 35.2 Å². The van der Waals surface area contributed by atoms with Crippen molar-refractivity contribution in [1.82, 2.24) is 0 Å². The number of hydrogen-bond acceptors (Lipinski definition) is 14. The van der Waals surface area contributed by atoms with Crippen LogP contribution >= 0.6 is 0 Å². The molecule has 0 radical (unpaired) electrons. The first-order valence-corrected chi connectivity index (χ1v) is 14.6. The molecule has 16 nitrogen and oxygen atoms in total. The summed E-state index contributed by atoms with van der Waals surface area (Å²) in [7, 11) is 2.40. The molecule has 0 unspecified atom stereocenters. The first kappa shape index (κ1) is 37.7. The zero-order valence-corrected chi connectivity index (χ0v) is 26.1. The van der Waals surface area contributed by atoms with Gasteiger partial charge in [-0.05, 0) is 60.1 Å². The normalized spacial score (nSPS) is 25.1. The van der Waals surface area contributed by atoms with Crippen molar-refractivity contribution < 1.29 is 79.2 Å². The molecule has 3 rings (SSSR count). The molecule has 0 spiro atoms. The summed E-state index contributed by atoms with van der Waals surface area (Å²) >= 11 is 0. The van der Waals surface area contributed by atoms with Crippen LogP contribution in [0.4, 0.5) is 0 Å². The third kappa shape index (κ3) is 9.21. The van der Waals surface area contributed by atoms with Crippen molar-refractivity contribution >= 4 is 11.9 Å². The van der Waals surface area contributed by atoms with E-state index in [4.69, 9.17) is 24.1 Å². The minimum absolute atomic E-state index is 0.0827. The van der Waals surface area contributed by atoms with E-state index in [2.05, 4.69) is 4.74 Å². The number of aliphatic hydroxyl groups excluding tert-OH is 6. The lowest BCUT2D eigenvalue weighted by molar-refractivity contribution is -0.271. The minimum Gasteiger partial charge on any atom is -0.504 e. The van der Waals surface area contributed by atoms with Gasteiger partial charge in [-0.3, -0.25) is 0 Å². The van der Waals surface area contributed by atoms with Crippen LogP contribution in [0.5, 0.6) is 23.0 Å². The number of carboxylic acid groups (broad SMARTS) is 2. The number of carbonyl (C=O) groups is 2. The average molecular weight is 671 g/mol. The topological polar surface area (TPSA) is 262 Å². The van der Waals surface area contributed by atoms with Gasteiger partial charge in [0.2, 0.25) is 12.6 Å². The summed E-state index contributed by atoms with van der Waals surface area (Å²) in [5.41, 5.74) is 1.59. The Hall–Kier alpha value is -3.74. The third-order valence-corrected chi connectivity index (χ3v) is 8.09. The van der Waals surface area contributed by atoms with E-state index in [1.165, 1.54) is 19.2 Å². The van der Waals surface area contributed by atoms with Crippen molar-refractivity contribution in [2.24, 2.45) is 11.8 Å². The summed E-state index contributed by atoms with van der Waals surface area (Å²) < 4.78 is 26.0. The minimum atomic E-state index is -2.08. The fourth-order valence-corrected chi connectivity index (χ4v) is 5.08. The van der Waals surface area contributed by atoms with Gasteiger partial charge in [-0.2, -0.15) is 0 Å². The van der Waals surface area contributed by atoms with Crippen LogP contribution in [-0.4, -0.2) is 127 Å². The van der Waals surface area contributed by atoms with Gasteiger partial charge in [0.25, 0.3) is 0 Å². The van der Waals surface area contributed by atoms with Gasteiger partial charge >= 0.3 is 11.9 Å². The highest BCUT2D eigenvalue weighted by atomic mass is 16.7. The highest BCUT2D eigenvalue weighted by Crippen LogP contribution is 2.34. The molecule has 16 heteroatoms. The number of rotatable bonds is 16. The number of phenols is 1. The number of aliphatic hydroxyl groups is 6. The molecular formula is C31H42O16. The van der Waals surface area contributed by atoms with Crippen molar-refractivity contribution in [3.8, 4) is 23.0 Å². The van der Waals surface area contributed by atoms with E-state index >= 15 is 0 Å². The molecule has 0 amide bonds. The molecular weight excluding hydrogens is 628 g/mol. The molecule has 47 heavy (non-hydrogen) atoms. The first-order chi connectivity index (χ1) is 22.1. The largest absolute Gasteiger partial charge is 0.504 e. The number of ether oxygens (including phenoxy) is 5. The second-order valence-corrected chi connectivity index (χ2v) is 11.5. The molecule has 1 saturated heterocycles. The van der Waals surface area contributed by atoms with Crippen molar-refractivity contribution in [1.29, 1.82) is 0 Å². The Labute approximate surface area is 269 Å². The quantitative estimate of drug-likeness (QED) is 0.0995. The van der Waals surface area contributed by atoms with Gasteiger partial charge in [-0.15, -0.1) is 0 Å². The predicted octanol–water partition coefficient (Wildman–Crippen LogP) is -0.752. The monoisotopic (exact) mass is 670 g/mol. The van der Waals surface area contributed by atoms with Crippen LogP contribution in [0.3, 0.4) is 0 Å². The molecule has 1 heterocycles. The number of phenolic OH excluding ortho intramolecular Hbond substituents is 1.